The Balaban J connectivity index is 0.000000457. The fourth-order valence-electron chi connectivity index (χ4n) is 10.2. The second-order valence-corrected chi connectivity index (χ2v) is 16.4. The number of fused-ring (bicyclic) bond motifs is 6. The predicted octanol–water partition coefficient (Wildman–Crippen LogP) is 18.0. The summed E-state index contributed by atoms with van der Waals surface area (Å²) in [5.74, 6) is 0.353. The topological polar surface area (TPSA) is 4.93 Å². The highest BCUT2D eigenvalue weighted by atomic mass is 15.0. The Kier molecular flexibility index (Phi) is 15.9. The lowest BCUT2D eigenvalue weighted by Gasteiger charge is -2.35. The van der Waals surface area contributed by atoms with Crippen LogP contribution in [0, 0.1) is 18.8 Å². The third kappa shape index (κ3) is 9.04. The van der Waals surface area contributed by atoms with E-state index in [1.165, 1.54) is 89.1 Å². The summed E-state index contributed by atoms with van der Waals surface area (Å²) in [5.41, 5.74) is 19.0. The van der Waals surface area contributed by atoms with Gasteiger partial charge in [-0.25, -0.2) is 0 Å². The van der Waals surface area contributed by atoms with Gasteiger partial charge in [0, 0.05) is 28.5 Å². The number of benzene rings is 6. The molecule has 0 N–H and O–H groups in total. The molecule has 11 rings (SSSR count). The van der Waals surface area contributed by atoms with Crippen molar-refractivity contribution in [2.75, 3.05) is 0 Å². The van der Waals surface area contributed by atoms with E-state index < -0.39 is 5.41 Å². The first-order valence-corrected chi connectivity index (χ1v) is 24.6. The first-order chi connectivity index (χ1) is 33.1. The minimum atomic E-state index is -0.449. The minimum absolute atomic E-state index is 0.173. The van der Waals surface area contributed by atoms with Crippen molar-refractivity contribution >= 4 is 23.1 Å². The Labute approximate surface area is 402 Å². The van der Waals surface area contributed by atoms with Crippen molar-refractivity contribution in [3.63, 3.8) is 0 Å². The number of hydrogen-bond donors (Lipinski definition) is 0. The molecule has 0 fully saturated rings. The molecule has 0 spiro atoms. The summed E-state index contributed by atoms with van der Waals surface area (Å²) in [5, 5.41) is 1.27. The Bertz CT molecular complexity index is 2970. The monoisotopic (exact) mass is 874 g/mol. The lowest BCUT2D eigenvalue weighted by molar-refractivity contribution is 0.679. The maximum atomic E-state index is 4.15. The van der Waals surface area contributed by atoms with E-state index in [9.17, 15) is 0 Å². The van der Waals surface area contributed by atoms with E-state index in [0.29, 0.717) is 0 Å². The van der Waals surface area contributed by atoms with Gasteiger partial charge in [-0.2, -0.15) is 0 Å². The van der Waals surface area contributed by atoms with Crippen LogP contribution in [0.25, 0.3) is 39.9 Å². The summed E-state index contributed by atoms with van der Waals surface area (Å²) in [7, 11) is 0. The van der Waals surface area contributed by atoms with Gasteiger partial charge in [0.05, 0.1) is 16.6 Å². The molecule has 2 atom stereocenters. The van der Waals surface area contributed by atoms with Crippen LogP contribution in [0.3, 0.4) is 0 Å². The van der Waals surface area contributed by atoms with Crippen LogP contribution in [0.15, 0.2) is 241 Å². The molecule has 2 unspecified atom stereocenters. The molecule has 1 nitrogen and oxygen atoms in total. The van der Waals surface area contributed by atoms with Gasteiger partial charge in [0.2, 0.25) is 0 Å². The van der Waals surface area contributed by atoms with Gasteiger partial charge in [0.25, 0.3) is 0 Å². The van der Waals surface area contributed by atoms with Crippen molar-refractivity contribution in [1.29, 1.82) is 0 Å². The van der Waals surface area contributed by atoms with Crippen LogP contribution >= 0.6 is 0 Å². The van der Waals surface area contributed by atoms with Crippen LogP contribution < -0.4 is 0 Å². The van der Waals surface area contributed by atoms with Crippen LogP contribution in [-0.4, -0.2) is 4.57 Å². The van der Waals surface area contributed by atoms with E-state index in [1.807, 2.05) is 65.8 Å². The maximum absolute atomic E-state index is 4.15. The molecule has 0 bridgehead atoms. The van der Waals surface area contributed by atoms with E-state index >= 15 is 0 Å². The summed E-state index contributed by atoms with van der Waals surface area (Å²) in [6.07, 6.45) is 26.6. The van der Waals surface area contributed by atoms with Gasteiger partial charge in [0.1, 0.15) is 0 Å². The summed E-state index contributed by atoms with van der Waals surface area (Å²) >= 11 is 0. The molecule has 0 saturated heterocycles. The average molecular weight is 874 g/mol. The third-order valence-corrected chi connectivity index (χ3v) is 13.0. The van der Waals surface area contributed by atoms with E-state index in [1.54, 1.807) is 0 Å². The van der Waals surface area contributed by atoms with Gasteiger partial charge >= 0.3 is 0 Å². The quantitative estimate of drug-likeness (QED) is 0.162. The smallest absolute Gasteiger partial charge is 0.0710 e. The lowest BCUT2D eigenvalue weighted by Crippen LogP contribution is -2.29. The number of aryl methyl sites for hydroxylation is 1. The predicted molar refractivity (Wildman–Crippen MR) is 293 cm³/mol. The Morgan fingerprint density at radius 1 is 0.567 bits per heavy atom. The number of allylic oxidation sites excluding steroid dienone is 13. The normalized spacial score (nSPS) is 17.7. The number of rotatable bonds is 5. The lowest BCUT2D eigenvalue weighted by atomic mass is 9.66. The summed E-state index contributed by atoms with van der Waals surface area (Å²) in [6.45, 7) is 20.4. The van der Waals surface area contributed by atoms with Gasteiger partial charge in [0.15, 0.2) is 0 Å². The van der Waals surface area contributed by atoms with Crippen molar-refractivity contribution in [2.45, 2.75) is 67.2 Å². The molecular formula is C66H67N. The SMILES string of the molecule is C=C/C=C1/C2=C(C=CC(C3C=Cc4c(n(-c5ccc6c(c5)-c5ccccc5C6)c5ccccc45)C=C3)C=C2)C(c2ccccc2)(c2ccccc2)/C1=C/C.CC.CC.CC.Cc1ccccc1. The molecule has 4 aliphatic carbocycles. The van der Waals surface area contributed by atoms with Crippen molar-refractivity contribution in [3.05, 3.63) is 280 Å². The molecule has 0 aliphatic heterocycles. The zero-order chi connectivity index (χ0) is 47.3. The van der Waals surface area contributed by atoms with E-state index in [-0.39, 0.29) is 11.8 Å². The maximum Gasteiger partial charge on any atom is 0.0710 e. The molecule has 1 heteroatoms. The van der Waals surface area contributed by atoms with Crippen molar-refractivity contribution in [1.82, 2.24) is 4.57 Å². The first kappa shape index (κ1) is 47.7. The van der Waals surface area contributed by atoms with E-state index in [4.69, 9.17) is 0 Å². The fourth-order valence-corrected chi connectivity index (χ4v) is 10.2. The van der Waals surface area contributed by atoms with Crippen molar-refractivity contribution in [2.24, 2.45) is 11.8 Å². The largest absolute Gasteiger partial charge is 0.309 e. The molecule has 0 amide bonds. The number of para-hydroxylation sites is 1. The second kappa shape index (κ2) is 22.3. The van der Waals surface area contributed by atoms with Gasteiger partial charge in [-0.3, -0.25) is 0 Å². The second-order valence-electron chi connectivity index (χ2n) is 16.4. The molecule has 67 heavy (non-hydrogen) atoms. The average Bonchev–Trinajstić information content (AvgIpc) is 3.86. The Hall–Kier alpha value is -7.22. The zero-order valence-electron chi connectivity index (χ0n) is 40.9. The number of hydrogen-bond acceptors (Lipinski definition) is 0. The molecule has 1 aromatic heterocycles. The molecule has 336 valence electrons. The fraction of sp³-hybridized carbons (Fsp3) is 0.182. The van der Waals surface area contributed by atoms with Gasteiger partial charge < -0.3 is 4.57 Å². The molecule has 4 aliphatic rings. The highest BCUT2D eigenvalue weighted by Gasteiger charge is 2.48. The molecule has 7 aromatic rings. The summed E-state index contributed by atoms with van der Waals surface area (Å²) < 4.78 is 2.46. The molecule has 6 aromatic carbocycles. The van der Waals surface area contributed by atoms with Crippen LogP contribution in [0.2, 0.25) is 0 Å². The van der Waals surface area contributed by atoms with Crippen LogP contribution in [0.5, 0.6) is 0 Å². The van der Waals surface area contributed by atoms with Gasteiger partial charge in [-0.1, -0.05) is 254 Å². The van der Waals surface area contributed by atoms with Crippen molar-refractivity contribution < 1.29 is 0 Å². The van der Waals surface area contributed by atoms with Gasteiger partial charge in [-0.05, 0) is 100 Å². The Morgan fingerprint density at radius 2 is 1.12 bits per heavy atom. The number of aromatic nitrogens is 1. The standard InChI is InChI=1S/C53H41N.C7H8.3C2H6/c1-3-15-44-45-30-25-36(27-32-50(45)53(49(44)4-2,40-17-7-5-8-18-40)41-19-9-6-10-20-41)37-26-31-47-46-22-13-14-23-51(46)54(52(47)33-28-37)42-29-24-39-34-38-16-11-12-21-43(38)48(39)35-42;1-7-5-3-2-4-6-7;3*1-2/h3-33,35-37H,1,34H2,2H3;2-6H,1H3;3*1-2H3/b44-15-,49-4+;;;;. The summed E-state index contributed by atoms with van der Waals surface area (Å²) in [6, 6.07) is 57.0. The molecule has 0 saturated carbocycles. The third-order valence-electron chi connectivity index (χ3n) is 13.0. The van der Waals surface area contributed by atoms with E-state index in [2.05, 4.69) is 225 Å². The zero-order valence-corrected chi connectivity index (χ0v) is 40.9. The molecule has 0 radical (unpaired) electrons. The van der Waals surface area contributed by atoms with Crippen LogP contribution in [-0.2, 0) is 11.8 Å². The van der Waals surface area contributed by atoms with Gasteiger partial charge in [-0.15, -0.1) is 0 Å². The molecular weight excluding hydrogens is 807 g/mol. The van der Waals surface area contributed by atoms with E-state index in [0.717, 1.165) is 6.42 Å². The van der Waals surface area contributed by atoms with Crippen LogP contribution in [0.4, 0.5) is 0 Å². The Morgan fingerprint density at radius 3 is 1.75 bits per heavy atom. The highest BCUT2D eigenvalue weighted by Crippen LogP contribution is 2.57. The minimum Gasteiger partial charge on any atom is -0.309 e. The first-order valence-electron chi connectivity index (χ1n) is 24.6. The molecule has 1 heterocycles. The van der Waals surface area contributed by atoms with Crippen LogP contribution in [0.1, 0.15) is 87.5 Å². The number of nitrogens with zero attached hydrogens (tertiary/aromatic N) is 1. The summed E-state index contributed by atoms with van der Waals surface area (Å²) in [4.78, 5) is 0. The van der Waals surface area contributed by atoms with Crippen molar-refractivity contribution in [3.8, 4) is 16.8 Å². The highest BCUT2D eigenvalue weighted by molar-refractivity contribution is 5.96.